The summed E-state index contributed by atoms with van der Waals surface area (Å²) in [6.07, 6.45) is 0. The Balaban J connectivity index is 1.57. The molecule has 0 bridgehead atoms. The topological polar surface area (TPSA) is 85.3 Å². The van der Waals surface area contributed by atoms with Crippen LogP contribution in [0, 0.1) is 0 Å². The highest BCUT2D eigenvalue weighted by Gasteiger charge is 2.46. The van der Waals surface area contributed by atoms with E-state index in [9.17, 15) is 14.7 Å². The molecule has 1 unspecified atom stereocenters. The number of nitrogens with zero attached hydrogens (tertiary/aromatic N) is 1. The van der Waals surface area contributed by atoms with Gasteiger partial charge in [-0.15, -0.1) is 0 Å². The van der Waals surface area contributed by atoms with Crippen molar-refractivity contribution in [3.05, 3.63) is 131 Å². The van der Waals surface area contributed by atoms with Crippen molar-refractivity contribution >= 4 is 17.4 Å². The quantitative estimate of drug-likeness (QED) is 0.124. The lowest BCUT2D eigenvalue weighted by molar-refractivity contribution is -0.140. The highest BCUT2D eigenvalue weighted by Crippen LogP contribution is 2.43. The molecule has 1 saturated heterocycles. The van der Waals surface area contributed by atoms with Crippen LogP contribution in [0.1, 0.15) is 42.1 Å². The molecule has 1 aliphatic heterocycles. The van der Waals surface area contributed by atoms with Crippen LogP contribution in [0.5, 0.6) is 17.2 Å². The molecule has 0 spiro atoms. The van der Waals surface area contributed by atoms with Crippen molar-refractivity contribution < 1.29 is 28.9 Å². The molecular weight excluding hydrogens is 530 g/mol. The van der Waals surface area contributed by atoms with Crippen LogP contribution in [-0.4, -0.2) is 34.9 Å². The van der Waals surface area contributed by atoms with Crippen LogP contribution >= 0.6 is 0 Å². The predicted molar refractivity (Wildman–Crippen MR) is 160 cm³/mol. The van der Waals surface area contributed by atoms with Crippen molar-refractivity contribution in [3.8, 4) is 17.2 Å². The SMILES string of the molecule is CCOc1ccc(/C(O)=C2\C(=O)C(=O)N(Cc3ccccc3)C2c2ccc(OCc3ccccc3)c(OCC)c2)cc1. The molecule has 214 valence electrons. The number of aliphatic hydroxyl groups excluding tert-OH is 1. The first-order valence-corrected chi connectivity index (χ1v) is 14.0. The van der Waals surface area contributed by atoms with E-state index in [0.29, 0.717) is 48.2 Å². The van der Waals surface area contributed by atoms with Crippen molar-refractivity contribution in [2.24, 2.45) is 0 Å². The van der Waals surface area contributed by atoms with E-state index in [0.717, 1.165) is 11.1 Å². The Hall–Kier alpha value is -5.04. The van der Waals surface area contributed by atoms with Gasteiger partial charge in [-0.05, 0) is 66.9 Å². The van der Waals surface area contributed by atoms with Gasteiger partial charge in [-0.25, -0.2) is 0 Å². The van der Waals surface area contributed by atoms with Gasteiger partial charge in [0.05, 0.1) is 24.8 Å². The van der Waals surface area contributed by atoms with Gasteiger partial charge in [0.15, 0.2) is 11.5 Å². The monoisotopic (exact) mass is 563 g/mol. The van der Waals surface area contributed by atoms with Gasteiger partial charge in [0.25, 0.3) is 11.7 Å². The molecule has 7 nitrogen and oxygen atoms in total. The normalized spacial score (nSPS) is 16.0. The lowest BCUT2D eigenvalue weighted by Crippen LogP contribution is -2.29. The van der Waals surface area contributed by atoms with Crippen molar-refractivity contribution in [1.29, 1.82) is 0 Å². The Morgan fingerprint density at radius 2 is 1.38 bits per heavy atom. The number of amides is 1. The van der Waals surface area contributed by atoms with Gasteiger partial charge in [0, 0.05) is 12.1 Å². The Kier molecular flexibility index (Phi) is 8.87. The Morgan fingerprint density at radius 3 is 2.02 bits per heavy atom. The third-order valence-corrected chi connectivity index (χ3v) is 6.99. The van der Waals surface area contributed by atoms with Gasteiger partial charge < -0.3 is 24.2 Å². The zero-order valence-electron chi connectivity index (χ0n) is 23.7. The summed E-state index contributed by atoms with van der Waals surface area (Å²) in [5.74, 6) is -0.0152. The molecular formula is C35H33NO6. The molecule has 1 atom stereocenters. The molecule has 0 aliphatic carbocycles. The summed E-state index contributed by atoms with van der Waals surface area (Å²) < 4.78 is 17.6. The molecule has 4 aromatic carbocycles. The molecule has 4 aromatic rings. The fraction of sp³-hybridized carbons (Fsp3) is 0.200. The maximum absolute atomic E-state index is 13.5. The molecule has 5 rings (SSSR count). The Labute approximate surface area is 245 Å². The zero-order valence-corrected chi connectivity index (χ0v) is 23.7. The van der Waals surface area contributed by atoms with E-state index >= 15 is 0 Å². The number of rotatable bonds is 11. The number of Topliss-reactive ketones (excluding diaryl/α,β-unsaturated/α-hetero) is 1. The first-order chi connectivity index (χ1) is 20.5. The lowest BCUT2D eigenvalue weighted by Gasteiger charge is -2.26. The number of likely N-dealkylation sites (tertiary alicyclic amines) is 1. The minimum Gasteiger partial charge on any atom is -0.507 e. The number of ketones is 1. The molecule has 1 amide bonds. The molecule has 42 heavy (non-hydrogen) atoms. The number of hydrogen-bond acceptors (Lipinski definition) is 6. The number of carbonyl (C=O) groups excluding carboxylic acids is 2. The van der Waals surface area contributed by atoms with Gasteiger partial charge in [-0.2, -0.15) is 0 Å². The fourth-order valence-corrected chi connectivity index (χ4v) is 5.02. The number of hydrogen-bond donors (Lipinski definition) is 1. The van der Waals surface area contributed by atoms with Crippen LogP contribution in [0.2, 0.25) is 0 Å². The Bertz CT molecular complexity index is 1560. The average molecular weight is 564 g/mol. The van der Waals surface area contributed by atoms with E-state index in [1.54, 1.807) is 36.4 Å². The van der Waals surface area contributed by atoms with Crippen LogP contribution in [0.4, 0.5) is 0 Å². The molecule has 1 fully saturated rings. The second-order valence-corrected chi connectivity index (χ2v) is 9.78. The highest BCUT2D eigenvalue weighted by atomic mass is 16.5. The summed E-state index contributed by atoms with van der Waals surface area (Å²) in [4.78, 5) is 28.5. The van der Waals surface area contributed by atoms with Crippen LogP contribution in [-0.2, 0) is 22.7 Å². The number of aliphatic hydroxyl groups is 1. The lowest BCUT2D eigenvalue weighted by atomic mass is 9.94. The molecule has 7 heteroatoms. The Morgan fingerprint density at radius 1 is 0.738 bits per heavy atom. The summed E-state index contributed by atoms with van der Waals surface area (Å²) in [6.45, 7) is 5.19. The summed E-state index contributed by atoms with van der Waals surface area (Å²) in [6, 6.07) is 30.6. The van der Waals surface area contributed by atoms with Crippen molar-refractivity contribution in [3.63, 3.8) is 0 Å². The standard InChI is InChI=1S/C35H33NO6/c1-3-40-28-18-15-26(16-19-28)33(37)31-32(36(35(39)34(31)38)22-24-11-7-5-8-12-24)27-17-20-29(30(21-27)41-4-2)42-23-25-13-9-6-10-14-25/h5-21,32,37H,3-4,22-23H2,1-2H3/b33-31+. The van der Waals surface area contributed by atoms with E-state index in [2.05, 4.69) is 0 Å². The van der Waals surface area contributed by atoms with E-state index in [-0.39, 0.29) is 17.9 Å². The molecule has 1 heterocycles. The third kappa shape index (κ3) is 6.15. The molecule has 1 N–H and O–H groups in total. The summed E-state index contributed by atoms with van der Waals surface area (Å²) in [5.41, 5.74) is 2.91. The van der Waals surface area contributed by atoms with E-state index in [4.69, 9.17) is 14.2 Å². The zero-order chi connectivity index (χ0) is 29.5. The van der Waals surface area contributed by atoms with Gasteiger partial charge in [-0.3, -0.25) is 9.59 Å². The number of ether oxygens (including phenoxy) is 3. The van der Waals surface area contributed by atoms with Gasteiger partial charge in [-0.1, -0.05) is 66.7 Å². The van der Waals surface area contributed by atoms with E-state index in [1.165, 1.54) is 4.90 Å². The fourth-order valence-electron chi connectivity index (χ4n) is 5.02. The third-order valence-electron chi connectivity index (χ3n) is 6.99. The van der Waals surface area contributed by atoms with Gasteiger partial charge in [0.1, 0.15) is 18.1 Å². The molecule has 0 saturated carbocycles. The smallest absolute Gasteiger partial charge is 0.295 e. The van der Waals surface area contributed by atoms with Crippen molar-refractivity contribution in [2.75, 3.05) is 13.2 Å². The minimum atomic E-state index is -0.848. The second-order valence-electron chi connectivity index (χ2n) is 9.78. The summed E-state index contributed by atoms with van der Waals surface area (Å²) in [5, 5.41) is 11.5. The number of benzene rings is 4. The molecule has 0 radical (unpaired) electrons. The summed E-state index contributed by atoms with van der Waals surface area (Å²) in [7, 11) is 0. The second kappa shape index (κ2) is 13.1. The van der Waals surface area contributed by atoms with Gasteiger partial charge in [0.2, 0.25) is 0 Å². The first-order valence-electron chi connectivity index (χ1n) is 14.0. The largest absolute Gasteiger partial charge is 0.507 e. The van der Waals surface area contributed by atoms with E-state index in [1.807, 2.05) is 80.6 Å². The van der Waals surface area contributed by atoms with Crippen molar-refractivity contribution in [1.82, 2.24) is 4.90 Å². The van der Waals surface area contributed by atoms with Crippen LogP contribution in [0.15, 0.2) is 109 Å². The maximum atomic E-state index is 13.5. The maximum Gasteiger partial charge on any atom is 0.295 e. The van der Waals surface area contributed by atoms with Crippen LogP contribution in [0.25, 0.3) is 5.76 Å². The first kappa shape index (κ1) is 28.5. The van der Waals surface area contributed by atoms with Crippen LogP contribution in [0.3, 0.4) is 0 Å². The summed E-state index contributed by atoms with van der Waals surface area (Å²) >= 11 is 0. The van der Waals surface area contributed by atoms with Gasteiger partial charge >= 0.3 is 0 Å². The van der Waals surface area contributed by atoms with Crippen LogP contribution < -0.4 is 14.2 Å². The van der Waals surface area contributed by atoms with Crippen molar-refractivity contribution in [2.45, 2.75) is 33.0 Å². The predicted octanol–water partition coefficient (Wildman–Crippen LogP) is 6.68. The highest BCUT2D eigenvalue weighted by molar-refractivity contribution is 6.46. The minimum absolute atomic E-state index is 0.0143. The number of carbonyl (C=O) groups is 2. The molecule has 1 aliphatic rings. The molecule has 0 aromatic heterocycles. The van der Waals surface area contributed by atoms with E-state index < -0.39 is 17.7 Å². The average Bonchev–Trinajstić information content (AvgIpc) is 3.26.